The van der Waals surface area contributed by atoms with Crippen molar-refractivity contribution in [3.63, 3.8) is 0 Å². The van der Waals surface area contributed by atoms with Crippen molar-refractivity contribution < 1.29 is 4.74 Å². The number of nitrogens with one attached hydrogen (secondary N) is 1. The minimum absolute atomic E-state index is 0.0943. The van der Waals surface area contributed by atoms with Crippen LogP contribution in [-0.2, 0) is 4.74 Å². The molecular formula is C10H15BrN2OS. The van der Waals surface area contributed by atoms with Crippen molar-refractivity contribution in [2.24, 2.45) is 11.8 Å². The summed E-state index contributed by atoms with van der Waals surface area (Å²) in [5, 5.41) is 2.06. The number of hydrogen-bond donors (Lipinski definition) is 2. The molecule has 1 aromatic rings. The molecule has 2 rings (SSSR count). The molecule has 1 fully saturated rings. The molecule has 1 aliphatic rings. The lowest BCUT2D eigenvalue weighted by molar-refractivity contribution is 0.0616. The molecule has 3 atom stereocenters. The van der Waals surface area contributed by atoms with Gasteiger partial charge in [-0.1, -0.05) is 6.92 Å². The van der Waals surface area contributed by atoms with Gasteiger partial charge in [0.1, 0.15) is 0 Å². The molecule has 1 aliphatic heterocycles. The lowest BCUT2D eigenvalue weighted by Crippen LogP contribution is -2.38. The topological polar surface area (TPSA) is 47.3 Å². The summed E-state index contributed by atoms with van der Waals surface area (Å²) in [6.45, 7) is 3.05. The first-order valence-electron chi connectivity index (χ1n) is 5.04. The van der Waals surface area contributed by atoms with Crippen LogP contribution in [-0.4, -0.2) is 12.7 Å². The number of rotatable bonds is 3. The van der Waals surface area contributed by atoms with E-state index in [9.17, 15) is 0 Å². The highest BCUT2D eigenvalue weighted by atomic mass is 79.9. The first-order chi connectivity index (χ1) is 7.24. The molecule has 0 spiro atoms. The smallest absolute Gasteiger partial charge is 0.0828 e. The van der Waals surface area contributed by atoms with E-state index in [0.29, 0.717) is 5.92 Å². The minimum Gasteiger partial charge on any atom is -0.376 e. The zero-order chi connectivity index (χ0) is 10.8. The van der Waals surface area contributed by atoms with Gasteiger partial charge in [-0.05, 0) is 39.7 Å². The minimum atomic E-state index is 0.0943. The Morgan fingerprint density at radius 2 is 2.53 bits per heavy atom. The molecule has 1 saturated heterocycles. The van der Waals surface area contributed by atoms with Crippen LogP contribution in [0.5, 0.6) is 0 Å². The maximum absolute atomic E-state index is 5.74. The Morgan fingerprint density at radius 1 is 1.73 bits per heavy atom. The Kier molecular flexibility index (Phi) is 3.79. The normalized spacial score (nSPS) is 28.2. The fourth-order valence-electron chi connectivity index (χ4n) is 1.99. The quantitative estimate of drug-likeness (QED) is 0.664. The summed E-state index contributed by atoms with van der Waals surface area (Å²) in [5.41, 5.74) is 2.87. The molecule has 0 saturated carbocycles. The molecule has 0 amide bonds. The molecule has 5 heteroatoms. The Morgan fingerprint density at radius 3 is 3.00 bits per heavy atom. The predicted molar refractivity (Wildman–Crippen MR) is 65.6 cm³/mol. The van der Waals surface area contributed by atoms with Crippen molar-refractivity contribution in [1.82, 2.24) is 5.43 Å². The standard InChI is InChI=1S/C10H15BrN2OS/c1-6-2-4-14-9(6)8(13-12)10-7(11)3-5-15-10/h3,5-6,8-9,13H,2,4,12H2,1H3. The SMILES string of the molecule is CC1CCOC1C(NN)c1sccc1Br. The zero-order valence-corrected chi connectivity index (χ0v) is 11.0. The van der Waals surface area contributed by atoms with E-state index in [2.05, 4.69) is 33.7 Å². The Bertz CT molecular complexity index is 331. The Balaban J connectivity index is 2.20. The third-order valence-corrected chi connectivity index (χ3v) is 4.83. The molecule has 0 bridgehead atoms. The van der Waals surface area contributed by atoms with Crippen LogP contribution in [0, 0.1) is 5.92 Å². The molecule has 3 N–H and O–H groups in total. The van der Waals surface area contributed by atoms with Crippen LogP contribution in [0.4, 0.5) is 0 Å². The Labute approximate surface area is 102 Å². The van der Waals surface area contributed by atoms with Crippen LogP contribution in [0.25, 0.3) is 0 Å². The summed E-state index contributed by atoms with van der Waals surface area (Å²) in [6, 6.07) is 2.14. The van der Waals surface area contributed by atoms with Gasteiger partial charge in [0.2, 0.25) is 0 Å². The van der Waals surface area contributed by atoms with E-state index in [1.54, 1.807) is 11.3 Å². The van der Waals surface area contributed by atoms with Crippen LogP contribution in [0.15, 0.2) is 15.9 Å². The van der Waals surface area contributed by atoms with E-state index >= 15 is 0 Å². The second kappa shape index (κ2) is 4.93. The second-order valence-corrected chi connectivity index (χ2v) is 5.68. The van der Waals surface area contributed by atoms with E-state index in [-0.39, 0.29) is 12.1 Å². The molecule has 0 aromatic carbocycles. The number of hydrogen-bond acceptors (Lipinski definition) is 4. The molecule has 3 nitrogen and oxygen atoms in total. The molecule has 0 aliphatic carbocycles. The van der Waals surface area contributed by atoms with Gasteiger partial charge in [-0.25, -0.2) is 5.43 Å². The highest BCUT2D eigenvalue weighted by molar-refractivity contribution is 9.10. The van der Waals surface area contributed by atoms with E-state index in [1.165, 1.54) is 4.88 Å². The largest absolute Gasteiger partial charge is 0.376 e. The summed E-state index contributed by atoms with van der Waals surface area (Å²) < 4.78 is 6.85. The van der Waals surface area contributed by atoms with Crippen molar-refractivity contribution in [2.45, 2.75) is 25.5 Å². The van der Waals surface area contributed by atoms with Gasteiger partial charge in [-0.3, -0.25) is 5.84 Å². The zero-order valence-electron chi connectivity index (χ0n) is 8.57. The van der Waals surface area contributed by atoms with Gasteiger partial charge in [-0.15, -0.1) is 11.3 Å². The third kappa shape index (κ3) is 2.26. The average Bonchev–Trinajstić information content (AvgIpc) is 2.80. The lowest BCUT2D eigenvalue weighted by Gasteiger charge is -2.24. The van der Waals surface area contributed by atoms with E-state index in [1.807, 2.05) is 6.07 Å². The van der Waals surface area contributed by atoms with Gasteiger partial charge in [0, 0.05) is 16.0 Å². The molecule has 2 heterocycles. The van der Waals surface area contributed by atoms with Gasteiger partial charge < -0.3 is 4.74 Å². The lowest BCUT2D eigenvalue weighted by atomic mass is 9.97. The summed E-state index contributed by atoms with van der Waals surface area (Å²) in [6.07, 6.45) is 1.30. The fourth-order valence-corrected chi connectivity index (χ4v) is 3.70. The first kappa shape index (κ1) is 11.5. The summed E-state index contributed by atoms with van der Waals surface area (Å²) in [4.78, 5) is 1.22. The summed E-state index contributed by atoms with van der Waals surface area (Å²) in [5.74, 6) is 6.19. The maximum Gasteiger partial charge on any atom is 0.0828 e. The fraction of sp³-hybridized carbons (Fsp3) is 0.600. The number of hydrazine groups is 1. The molecule has 84 valence electrons. The Hall–Kier alpha value is 0.0600. The van der Waals surface area contributed by atoms with Crippen LogP contribution < -0.4 is 11.3 Å². The van der Waals surface area contributed by atoms with Gasteiger partial charge in [-0.2, -0.15) is 0 Å². The first-order valence-corrected chi connectivity index (χ1v) is 6.72. The van der Waals surface area contributed by atoms with Crippen LogP contribution in [0.2, 0.25) is 0 Å². The third-order valence-electron chi connectivity index (χ3n) is 2.88. The van der Waals surface area contributed by atoms with Crippen molar-refractivity contribution in [2.75, 3.05) is 6.61 Å². The van der Waals surface area contributed by atoms with Crippen molar-refractivity contribution in [3.8, 4) is 0 Å². The van der Waals surface area contributed by atoms with E-state index in [0.717, 1.165) is 17.5 Å². The number of ether oxygens (including phenoxy) is 1. The average molecular weight is 291 g/mol. The highest BCUT2D eigenvalue weighted by Gasteiger charge is 2.33. The number of thiophene rings is 1. The van der Waals surface area contributed by atoms with Crippen molar-refractivity contribution >= 4 is 27.3 Å². The van der Waals surface area contributed by atoms with E-state index < -0.39 is 0 Å². The van der Waals surface area contributed by atoms with Crippen molar-refractivity contribution in [3.05, 3.63) is 20.8 Å². The molecule has 3 unspecified atom stereocenters. The van der Waals surface area contributed by atoms with Gasteiger partial charge >= 0.3 is 0 Å². The highest BCUT2D eigenvalue weighted by Crippen LogP contribution is 2.36. The molecular weight excluding hydrogens is 276 g/mol. The molecule has 0 radical (unpaired) electrons. The van der Waals surface area contributed by atoms with Crippen LogP contribution in [0.1, 0.15) is 24.3 Å². The molecule has 1 aromatic heterocycles. The van der Waals surface area contributed by atoms with Gasteiger partial charge in [0.25, 0.3) is 0 Å². The monoisotopic (exact) mass is 290 g/mol. The second-order valence-electron chi connectivity index (χ2n) is 3.88. The molecule has 15 heavy (non-hydrogen) atoms. The van der Waals surface area contributed by atoms with Gasteiger partial charge in [0.15, 0.2) is 0 Å². The number of halogens is 1. The maximum atomic E-state index is 5.74. The predicted octanol–water partition coefficient (Wildman–Crippen LogP) is 2.44. The summed E-state index contributed by atoms with van der Waals surface area (Å²) >= 11 is 5.24. The van der Waals surface area contributed by atoms with Crippen molar-refractivity contribution in [1.29, 1.82) is 0 Å². The van der Waals surface area contributed by atoms with E-state index in [4.69, 9.17) is 10.6 Å². The summed E-state index contributed by atoms with van der Waals surface area (Å²) in [7, 11) is 0. The van der Waals surface area contributed by atoms with Crippen LogP contribution >= 0.6 is 27.3 Å². The number of nitrogens with two attached hydrogens (primary N) is 1. The van der Waals surface area contributed by atoms with Crippen LogP contribution in [0.3, 0.4) is 0 Å². The van der Waals surface area contributed by atoms with Gasteiger partial charge in [0.05, 0.1) is 12.1 Å².